The van der Waals surface area contributed by atoms with Gasteiger partial charge in [0.25, 0.3) is 5.91 Å². The average molecular weight is 282 g/mol. The summed E-state index contributed by atoms with van der Waals surface area (Å²) >= 11 is 1.50. The molecular formula is C13H22N4OS. The van der Waals surface area contributed by atoms with Crippen molar-refractivity contribution in [3.8, 4) is 0 Å². The maximum atomic E-state index is 12.0. The quantitative estimate of drug-likeness (QED) is 0.812. The minimum Gasteiger partial charge on any atom is -0.349 e. The average Bonchev–Trinajstić information content (AvgIpc) is 3.06. The van der Waals surface area contributed by atoms with Gasteiger partial charge in [-0.3, -0.25) is 9.69 Å². The van der Waals surface area contributed by atoms with Crippen molar-refractivity contribution in [3.63, 3.8) is 0 Å². The fourth-order valence-corrected chi connectivity index (χ4v) is 3.09. The maximum Gasteiger partial charge on any atom is 0.270 e. The lowest BCUT2D eigenvalue weighted by Crippen LogP contribution is -2.40. The molecule has 1 aromatic rings. The Kier molecular flexibility index (Phi) is 5.30. The van der Waals surface area contributed by atoms with E-state index < -0.39 is 0 Å². The highest BCUT2D eigenvalue weighted by molar-refractivity contribution is 7.09. The molecule has 0 aromatic carbocycles. The molecule has 0 aliphatic carbocycles. The largest absolute Gasteiger partial charge is 0.349 e. The summed E-state index contributed by atoms with van der Waals surface area (Å²) in [7, 11) is 0. The van der Waals surface area contributed by atoms with Gasteiger partial charge in [0.1, 0.15) is 5.69 Å². The van der Waals surface area contributed by atoms with Crippen molar-refractivity contribution in [1.29, 1.82) is 0 Å². The minimum atomic E-state index is -0.0782. The lowest BCUT2D eigenvalue weighted by molar-refractivity contribution is 0.0936. The lowest BCUT2D eigenvalue weighted by Gasteiger charge is -2.23. The smallest absolute Gasteiger partial charge is 0.270 e. The van der Waals surface area contributed by atoms with Gasteiger partial charge in [-0.2, -0.15) is 0 Å². The van der Waals surface area contributed by atoms with Gasteiger partial charge in [0.05, 0.1) is 5.01 Å². The zero-order valence-corrected chi connectivity index (χ0v) is 12.2. The minimum absolute atomic E-state index is 0.0782. The maximum absolute atomic E-state index is 12.0. The summed E-state index contributed by atoms with van der Waals surface area (Å²) in [6.45, 7) is 5.71. The summed E-state index contributed by atoms with van der Waals surface area (Å²) < 4.78 is 0. The third kappa shape index (κ3) is 3.99. The van der Waals surface area contributed by atoms with Gasteiger partial charge in [-0.15, -0.1) is 11.3 Å². The number of nitrogens with two attached hydrogens (primary N) is 1. The van der Waals surface area contributed by atoms with E-state index >= 15 is 0 Å². The Morgan fingerprint density at radius 1 is 1.58 bits per heavy atom. The van der Waals surface area contributed by atoms with Crippen molar-refractivity contribution in [2.45, 2.75) is 32.2 Å². The number of nitrogens with one attached hydrogen (secondary N) is 1. The second kappa shape index (κ2) is 6.98. The number of carbonyl (C=O) groups is 1. The number of nitrogens with zero attached hydrogens (tertiary/aromatic N) is 2. The van der Waals surface area contributed by atoms with Crippen molar-refractivity contribution < 1.29 is 4.79 Å². The van der Waals surface area contributed by atoms with E-state index in [4.69, 9.17) is 5.73 Å². The summed E-state index contributed by atoms with van der Waals surface area (Å²) in [4.78, 5) is 18.7. The summed E-state index contributed by atoms with van der Waals surface area (Å²) in [5, 5.41) is 5.70. The molecule has 1 amide bonds. The summed E-state index contributed by atoms with van der Waals surface area (Å²) in [5.41, 5.74) is 5.99. The molecule has 1 fully saturated rings. The molecule has 0 spiro atoms. The van der Waals surface area contributed by atoms with Crippen molar-refractivity contribution in [2.75, 3.05) is 26.2 Å². The van der Waals surface area contributed by atoms with Crippen LogP contribution in [0.4, 0.5) is 0 Å². The van der Waals surface area contributed by atoms with Crippen molar-refractivity contribution in [2.24, 2.45) is 5.73 Å². The van der Waals surface area contributed by atoms with Crippen LogP contribution in [0.15, 0.2) is 5.38 Å². The van der Waals surface area contributed by atoms with Crippen LogP contribution < -0.4 is 11.1 Å². The molecule has 0 radical (unpaired) electrons. The Labute approximate surface area is 118 Å². The van der Waals surface area contributed by atoms with E-state index in [1.54, 1.807) is 5.38 Å². The normalized spacial score (nSPS) is 17.6. The van der Waals surface area contributed by atoms with Gasteiger partial charge in [0.2, 0.25) is 0 Å². The summed E-state index contributed by atoms with van der Waals surface area (Å²) in [5.74, 6) is -0.0782. The first-order valence-corrected chi connectivity index (χ1v) is 7.75. The van der Waals surface area contributed by atoms with Crippen LogP contribution in [0.3, 0.4) is 0 Å². The van der Waals surface area contributed by atoms with Gasteiger partial charge in [-0.1, -0.05) is 0 Å². The predicted octanol–water partition coefficient (Wildman–Crippen LogP) is 0.858. The highest BCUT2D eigenvalue weighted by Crippen LogP contribution is 2.12. The van der Waals surface area contributed by atoms with Crippen molar-refractivity contribution in [1.82, 2.24) is 15.2 Å². The molecule has 1 atom stereocenters. The molecular weight excluding hydrogens is 260 g/mol. The molecule has 19 heavy (non-hydrogen) atoms. The fraction of sp³-hybridized carbons (Fsp3) is 0.692. The second-order valence-electron chi connectivity index (χ2n) is 4.97. The van der Waals surface area contributed by atoms with Crippen LogP contribution in [0, 0.1) is 0 Å². The third-order valence-corrected chi connectivity index (χ3v) is 4.37. The first-order valence-electron chi connectivity index (χ1n) is 6.87. The Morgan fingerprint density at radius 3 is 3.00 bits per heavy atom. The molecule has 6 heteroatoms. The van der Waals surface area contributed by atoms with Crippen LogP contribution in [0.25, 0.3) is 0 Å². The number of hydrogen-bond acceptors (Lipinski definition) is 5. The molecule has 1 saturated heterocycles. The molecule has 2 rings (SSSR count). The molecule has 1 unspecified atom stereocenters. The van der Waals surface area contributed by atoms with E-state index in [1.165, 1.54) is 24.2 Å². The van der Waals surface area contributed by atoms with E-state index in [0.717, 1.165) is 24.5 Å². The van der Waals surface area contributed by atoms with Crippen LogP contribution in [0.2, 0.25) is 0 Å². The van der Waals surface area contributed by atoms with E-state index in [2.05, 4.69) is 22.1 Å². The van der Waals surface area contributed by atoms with E-state index in [1.807, 2.05) is 0 Å². The van der Waals surface area contributed by atoms with E-state index in [0.29, 0.717) is 24.8 Å². The number of amides is 1. The number of likely N-dealkylation sites (tertiary alicyclic amines) is 1. The van der Waals surface area contributed by atoms with Crippen molar-refractivity contribution >= 4 is 17.2 Å². The molecule has 1 aliphatic heterocycles. The number of carbonyl (C=O) groups excluding carboxylic acids is 1. The third-order valence-electron chi connectivity index (χ3n) is 3.46. The fourth-order valence-electron chi connectivity index (χ4n) is 2.30. The number of thiazole rings is 1. The molecule has 0 saturated carbocycles. The first kappa shape index (κ1) is 14.4. The lowest BCUT2D eigenvalue weighted by atomic mass is 10.3. The Balaban J connectivity index is 1.79. The monoisotopic (exact) mass is 282 g/mol. The molecule has 3 N–H and O–H groups in total. The van der Waals surface area contributed by atoms with Gasteiger partial charge in [0.15, 0.2) is 0 Å². The predicted molar refractivity (Wildman–Crippen MR) is 77.5 cm³/mol. The van der Waals surface area contributed by atoms with Gasteiger partial charge in [-0.05, 0) is 39.4 Å². The van der Waals surface area contributed by atoms with Gasteiger partial charge in [0, 0.05) is 24.4 Å². The number of aromatic nitrogens is 1. The Hall–Kier alpha value is -0.980. The highest BCUT2D eigenvalue weighted by Gasteiger charge is 2.19. The molecule has 2 heterocycles. The molecule has 1 aromatic heterocycles. The Bertz CT molecular complexity index is 415. The summed E-state index contributed by atoms with van der Waals surface area (Å²) in [6.07, 6.45) is 3.28. The second-order valence-corrected chi connectivity index (χ2v) is 5.91. The highest BCUT2D eigenvalue weighted by atomic mass is 32.1. The number of rotatable bonds is 6. The van der Waals surface area contributed by atoms with Crippen LogP contribution in [-0.4, -0.2) is 48.0 Å². The van der Waals surface area contributed by atoms with Gasteiger partial charge < -0.3 is 11.1 Å². The molecule has 1 aliphatic rings. The zero-order chi connectivity index (χ0) is 13.7. The Morgan fingerprint density at radius 2 is 2.32 bits per heavy atom. The van der Waals surface area contributed by atoms with Crippen LogP contribution in [-0.2, 0) is 6.42 Å². The SMILES string of the molecule is CC(CNC(=O)c1csc(CCN)n1)N1CCCC1. The molecule has 0 bridgehead atoms. The van der Waals surface area contributed by atoms with E-state index in [9.17, 15) is 4.79 Å². The topological polar surface area (TPSA) is 71.2 Å². The molecule has 5 nitrogen and oxygen atoms in total. The van der Waals surface area contributed by atoms with Crippen LogP contribution in [0.5, 0.6) is 0 Å². The first-order chi connectivity index (χ1) is 9.20. The van der Waals surface area contributed by atoms with Gasteiger partial charge in [-0.25, -0.2) is 4.98 Å². The standard InChI is InChI=1S/C13H22N4OS/c1-10(17-6-2-3-7-17)8-15-13(18)11-9-19-12(16-11)4-5-14/h9-10H,2-8,14H2,1H3,(H,15,18). The van der Waals surface area contributed by atoms with E-state index in [-0.39, 0.29) is 5.91 Å². The van der Waals surface area contributed by atoms with Crippen molar-refractivity contribution in [3.05, 3.63) is 16.1 Å². The summed E-state index contributed by atoms with van der Waals surface area (Å²) in [6, 6.07) is 0.397. The number of hydrogen-bond donors (Lipinski definition) is 2. The van der Waals surface area contributed by atoms with Crippen LogP contribution in [0.1, 0.15) is 35.3 Å². The zero-order valence-electron chi connectivity index (χ0n) is 11.4. The van der Waals surface area contributed by atoms with Gasteiger partial charge >= 0.3 is 0 Å². The van der Waals surface area contributed by atoms with Crippen LogP contribution >= 0.6 is 11.3 Å². The molecule has 106 valence electrons.